The molecule has 4 N–H and O–H groups in total. The van der Waals surface area contributed by atoms with E-state index in [1.165, 1.54) is 6.20 Å². The largest absolute Gasteiger partial charge is 0.360 e. The monoisotopic (exact) mass is 460 g/mol. The average molecular weight is 460 g/mol. The molecule has 0 spiro atoms. The number of nitrogens with one attached hydrogen (secondary N) is 4. The van der Waals surface area contributed by atoms with E-state index < -0.39 is 29.7 Å². The number of pyridine rings is 1. The van der Waals surface area contributed by atoms with Gasteiger partial charge in [0.2, 0.25) is 5.43 Å². The van der Waals surface area contributed by atoms with E-state index in [0.29, 0.717) is 21.7 Å². The Hall–Kier alpha value is -4.80. The van der Waals surface area contributed by atoms with Crippen molar-refractivity contribution in [3.63, 3.8) is 0 Å². The second-order valence-corrected chi connectivity index (χ2v) is 7.28. The summed E-state index contributed by atoms with van der Waals surface area (Å²) in [6.07, 6.45) is 1.28. The molecule has 0 saturated heterocycles. The number of H-pyrrole nitrogens is 1. The third-order valence-electron chi connectivity index (χ3n) is 5.14. The van der Waals surface area contributed by atoms with Crippen LogP contribution in [0.4, 0.5) is 0 Å². The van der Waals surface area contributed by atoms with Crippen LogP contribution in [0.2, 0.25) is 0 Å². The lowest BCUT2D eigenvalue weighted by Gasteiger charge is -2.11. The van der Waals surface area contributed by atoms with Gasteiger partial charge in [-0.1, -0.05) is 30.3 Å². The van der Waals surface area contributed by atoms with Gasteiger partial charge in [0.25, 0.3) is 23.3 Å². The van der Waals surface area contributed by atoms with Gasteiger partial charge in [0.1, 0.15) is 5.56 Å². The third-order valence-corrected chi connectivity index (χ3v) is 5.14. The van der Waals surface area contributed by atoms with E-state index in [9.17, 15) is 24.0 Å². The van der Waals surface area contributed by atoms with Crippen LogP contribution < -0.4 is 27.2 Å². The predicted molar refractivity (Wildman–Crippen MR) is 124 cm³/mol. The number of hydrogen-bond acceptors (Lipinski definition) is 6. The molecule has 0 atom stereocenters. The van der Waals surface area contributed by atoms with Crippen LogP contribution in [-0.4, -0.2) is 39.0 Å². The summed E-state index contributed by atoms with van der Waals surface area (Å²) in [5.74, 6) is -2.20. The summed E-state index contributed by atoms with van der Waals surface area (Å²) in [6, 6.07) is 13.2. The molecular weight excluding hydrogens is 440 g/mol. The lowest BCUT2D eigenvalue weighted by atomic mass is 10.1. The number of benzene rings is 2. The molecule has 0 aliphatic heterocycles. The summed E-state index contributed by atoms with van der Waals surface area (Å²) >= 11 is 0. The van der Waals surface area contributed by atoms with E-state index in [1.807, 2.05) is 0 Å². The Morgan fingerprint density at radius 3 is 2.32 bits per heavy atom. The highest BCUT2D eigenvalue weighted by Gasteiger charge is 2.18. The SMILES string of the molecule is CCn1nc(C(=O)NNC(=O)CNC(=O)c2c[nH]c3ccccc3c2=O)c2ccccc2c1=O. The lowest BCUT2D eigenvalue weighted by molar-refractivity contribution is -0.120. The maximum Gasteiger partial charge on any atom is 0.290 e. The van der Waals surface area contributed by atoms with Gasteiger partial charge in [-0.15, -0.1) is 0 Å². The number of para-hydroxylation sites is 1. The zero-order valence-corrected chi connectivity index (χ0v) is 18.0. The Labute approximate surface area is 191 Å². The highest BCUT2D eigenvalue weighted by atomic mass is 16.2. The number of nitrogens with zero attached hydrogens (tertiary/aromatic N) is 2. The molecule has 172 valence electrons. The van der Waals surface area contributed by atoms with Crippen LogP contribution in [0.15, 0.2) is 64.3 Å². The maximum absolute atomic E-state index is 12.6. The molecule has 34 heavy (non-hydrogen) atoms. The van der Waals surface area contributed by atoms with E-state index in [1.54, 1.807) is 55.5 Å². The molecule has 3 amide bonds. The first-order chi connectivity index (χ1) is 16.4. The van der Waals surface area contributed by atoms with E-state index in [4.69, 9.17) is 0 Å². The van der Waals surface area contributed by atoms with E-state index in [0.717, 1.165) is 4.68 Å². The summed E-state index contributed by atoms with van der Waals surface area (Å²) in [7, 11) is 0. The fourth-order valence-electron chi connectivity index (χ4n) is 3.44. The molecule has 2 heterocycles. The second-order valence-electron chi connectivity index (χ2n) is 7.28. The van der Waals surface area contributed by atoms with Crippen molar-refractivity contribution in [2.75, 3.05) is 6.54 Å². The second kappa shape index (κ2) is 9.36. The van der Waals surface area contributed by atoms with Crippen LogP contribution >= 0.6 is 0 Å². The molecule has 0 fully saturated rings. The van der Waals surface area contributed by atoms with Crippen LogP contribution in [0, 0.1) is 0 Å². The summed E-state index contributed by atoms with van der Waals surface area (Å²) in [4.78, 5) is 64.9. The molecular formula is C23H20N6O5. The Bertz CT molecular complexity index is 1560. The average Bonchev–Trinajstić information content (AvgIpc) is 2.86. The molecule has 11 heteroatoms. The molecule has 4 rings (SSSR count). The number of hydrazine groups is 1. The molecule has 0 saturated carbocycles. The summed E-state index contributed by atoms with van der Waals surface area (Å²) in [6.45, 7) is 1.49. The zero-order chi connectivity index (χ0) is 24.2. The van der Waals surface area contributed by atoms with Crippen molar-refractivity contribution in [3.05, 3.63) is 86.6 Å². The van der Waals surface area contributed by atoms with Crippen LogP contribution in [0.25, 0.3) is 21.7 Å². The van der Waals surface area contributed by atoms with Crippen molar-refractivity contribution in [2.45, 2.75) is 13.5 Å². The van der Waals surface area contributed by atoms with Crippen LogP contribution in [0.3, 0.4) is 0 Å². The van der Waals surface area contributed by atoms with Crippen molar-refractivity contribution < 1.29 is 14.4 Å². The van der Waals surface area contributed by atoms with Gasteiger partial charge >= 0.3 is 0 Å². The molecule has 0 unspecified atom stereocenters. The van der Waals surface area contributed by atoms with E-state index in [2.05, 4.69) is 26.3 Å². The molecule has 0 radical (unpaired) electrons. The molecule has 11 nitrogen and oxygen atoms in total. The van der Waals surface area contributed by atoms with Crippen molar-refractivity contribution in [1.82, 2.24) is 30.9 Å². The van der Waals surface area contributed by atoms with Gasteiger partial charge in [0, 0.05) is 29.0 Å². The Morgan fingerprint density at radius 1 is 0.912 bits per heavy atom. The van der Waals surface area contributed by atoms with Gasteiger partial charge in [-0.2, -0.15) is 5.10 Å². The fourth-order valence-corrected chi connectivity index (χ4v) is 3.44. The Balaban J connectivity index is 1.41. The van der Waals surface area contributed by atoms with Gasteiger partial charge in [-0.25, -0.2) is 4.68 Å². The number of amides is 3. The molecule has 4 aromatic rings. The number of carbonyl (C=O) groups excluding carboxylic acids is 3. The normalized spacial score (nSPS) is 10.7. The number of carbonyl (C=O) groups is 3. The zero-order valence-electron chi connectivity index (χ0n) is 18.0. The van der Waals surface area contributed by atoms with Gasteiger partial charge < -0.3 is 10.3 Å². The van der Waals surface area contributed by atoms with Crippen molar-refractivity contribution in [2.24, 2.45) is 0 Å². The van der Waals surface area contributed by atoms with Crippen molar-refractivity contribution in [1.29, 1.82) is 0 Å². The van der Waals surface area contributed by atoms with Gasteiger partial charge in [0.05, 0.1) is 11.9 Å². The summed E-state index contributed by atoms with van der Waals surface area (Å²) < 4.78 is 1.15. The van der Waals surface area contributed by atoms with Crippen LogP contribution in [-0.2, 0) is 11.3 Å². The predicted octanol–water partition coefficient (Wildman–Crippen LogP) is 0.449. The quantitative estimate of drug-likeness (QED) is 0.317. The standard InChI is InChI=1S/C23H20N6O5/c1-2-29-23(34)14-8-4-3-7-13(14)19(28-29)22(33)27-26-18(30)12-25-21(32)16-11-24-17-10-6-5-9-15(17)20(16)31/h3-11H,2,12H2,1H3,(H,24,31)(H,25,32)(H,26,30)(H,27,33). The molecule has 0 aliphatic carbocycles. The smallest absolute Gasteiger partial charge is 0.290 e. The number of rotatable bonds is 5. The first-order valence-electron chi connectivity index (χ1n) is 10.4. The number of aryl methyl sites for hydroxylation is 1. The Morgan fingerprint density at radius 2 is 1.59 bits per heavy atom. The first-order valence-corrected chi connectivity index (χ1v) is 10.4. The Kier molecular flexibility index (Phi) is 6.17. The van der Waals surface area contributed by atoms with E-state index in [-0.39, 0.29) is 23.4 Å². The molecule has 0 bridgehead atoms. The minimum absolute atomic E-state index is 0.0379. The number of fused-ring (bicyclic) bond motifs is 2. The maximum atomic E-state index is 12.6. The third kappa shape index (κ3) is 4.26. The molecule has 0 aliphatic rings. The highest BCUT2D eigenvalue weighted by Crippen LogP contribution is 2.13. The minimum atomic E-state index is -0.740. The highest BCUT2D eigenvalue weighted by molar-refractivity contribution is 6.05. The van der Waals surface area contributed by atoms with Gasteiger partial charge in [-0.3, -0.25) is 34.8 Å². The number of hydrogen-bond donors (Lipinski definition) is 4. The number of aromatic nitrogens is 3. The molecule has 2 aromatic carbocycles. The van der Waals surface area contributed by atoms with Crippen molar-refractivity contribution in [3.8, 4) is 0 Å². The number of aromatic amines is 1. The lowest BCUT2D eigenvalue weighted by Crippen LogP contribution is -2.47. The van der Waals surface area contributed by atoms with Crippen molar-refractivity contribution >= 4 is 39.4 Å². The van der Waals surface area contributed by atoms with Crippen LogP contribution in [0.5, 0.6) is 0 Å². The van der Waals surface area contributed by atoms with Gasteiger partial charge in [0.15, 0.2) is 5.69 Å². The molecule has 2 aromatic heterocycles. The summed E-state index contributed by atoms with van der Waals surface area (Å²) in [5, 5.41) is 7.43. The minimum Gasteiger partial charge on any atom is -0.360 e. The summed E-state index contributed by atoms with van der Waals surface area (Å²) in [5.41, 5.74) is 4.01. The van der Waals surface area contributed by atoms with Crippen LogP contribution in [0.1, 0.15) is 27.8 Å². The van der Waals surface area contributed by atoms with Gasteiger partial charge in [-0.05, 0) is 25.1 Å². The first kappa shape index (κ1) is 22.4. The topological polar surface area (TPSA) is 155 Å². The van der Waals surface area contributed by atoms with E-state index >= 15 is 0 Å². The fraction of sp³-hybridized carbons (Fsp3) is 0.130.